The summed E-state index contributed by atoms with van der Waals surface area (Å²) in [5.74, 6) is -2.88. The van der Waals surface area contributed by atoms with Gasteiger partial charge in [0.1, 0.15) is 0 Å². The van der Waals surface area contributed by atoms with Crippen molar-refractivity contribution in [1.82, 2.24) is 4.90 Å². The average molecular weight is 377 g/mol. The SMILES string of the molecule is O=C1C(O)=C(c2ccccc2)[C@@H](c2ccc(F)c(F)c2)N1Cc1ccccc1. The summed E-state index contributed by atoms with van der Waals surface area (Å²) in [6.45, 7) is 0.226. The van der Waals surface area contributed by atoms with Gasteiger partial charge in [0.05, 0.1) is 6.04 Å². The lowest BCUT2D eigenvalue weighted by molar-refractivity contribution is -0.130. The second-order valence-electron chi connectivity index (χ2n) is 6.62. The van der Waals surface area contributed by atoms with E-state index in [2.05, 4.69) is 0 Å². The Bertz CT molecular complexity index is 1050. The van der Waals surface area contributed by atoms with Gasteiger partial charge in [-0.2, -0.15) is 0 Å². The fraction of sp³-hybridized carbons (Fsp3) is 0.0870. The van der Waals surface area contributed by atoms with Crippen molar-refractivity contribution in [3.63, 3.8) is 0 Å². The maximum atomic E-state index is 14.0. The van der Waals surface area contributed by atoms with Gasteiger partial charge in [0.2, 0.25) is 0 Å². The van der Waals surface area contributed by atoms with Crippen molar-refractivity contribution in [1.29, 1.82) is 0 Å². The first-order valence-corrected chi connectivity index (χ1v) is 8.84. The number of amides is 1. The van der Waals surface area contributed by atoms with Gasteiger partial charge in [0.25, 0.3) is 5.91 Å². The zero-order chi connectivity index (χ0) is 19.7. The van der Waals surface area contributed by atoms with E-state index in [0.717, 1.165) is 17.7 Å². The Hall–Kier alpha value is -3.47. The highest BCUT2D eigenvalue weighted by molar-refractivity contribution is 6.05. The Morgan fingerprint density at radius 1 is 0.857 bits per heavy atom. The summed E-state index contributed by atoms with van der Waals surface area (Å²) < 4.78 is 27.4. The van der Waals surface area contributed by atoms with E-state index >= 15 is 0 Å². The van der Waals surface area contributed by atoms with E-state index in [4.69, 9.17) is 0 Å². The van der Waals surface area contributed by atoms with Crippen LogP contribution >= 0.6 is 0 Å². The van der Waals surface area contributed by atoms with E-state index in [1.54, 1.807) is 24.3 Å². The number of benzene rings is 3. The molecule has 0 spiro atoms. The van der Waals surface area contributed by atoms with Gasteiger partial charge in [-0.25, -0.2) is 8.78 Å². The summed E-state index contributed by atoms with van der Waals surface area (Å²) in [6, 6.07) is 21.1. The molecule has 0 saturated carbocycles. The number of hydrogen-bond acceptors (Lipinski definition) is 2. The van der Waals surface area contributed by atoms with Gasteiger partial charge in [-0.3, -0.25) is 4.79 Å². The molecule has 3 nitrogen and oxygen atoms in total. The Morgan fingerprint density at radius 3 is 2.14 bits per heavy atom. The van der Waals surface area contributed by atoms with Gasteiger partial charge in [-0.05, 0) is 28.8 Å². The summed E-state index contributed by atoms with van der Waals surface area (Å²) in [7, 11) is 0. The Morgan fingerprint density at radius 2 is 1.50 bits per heavy atom. The van der Waals surface area contributed by atoms with Gasteiger partial charge in [0, 0.05) is 12.1 Å². The minimum absolute atomic E-state index is 0.226. The number of nitrogens with zero attached hydrogens (tertiary/aromatic N) is 1. The Labute approximate surface area is 161 Å². The molecular formula is C23H17F2NO2. The molecule has 3 aromatic rings. The van der Waals surface area contributed by atoms with E-state index in [1.807, 2.05) is 36.4 Å². The van der Waals surface area contributed by atoms with Crippen LogP contribution in [0, 0.1) is 11.6 Å². The monoisotopic (exact) mass is 377 g/mol. The van der Waals surface area contributed by atoms with Crippen molar-refractivity contribution in [3.05, 3.63) is 113 Å². The third-order valence-corrected chi connectivity index (χ3v) is 4.84. The molecule has 0 saturated heterocycles. The van der Waals surface area contributed by atoms with Gasteiger partial charge in [-0.15, -0.1) is 0 Å². The minimum atomic E-state index is -0.997. The number of hydrogen-bond donors (Lipinski definition) is 1. The number of aliphatic hydroxyl groups excluding tert-OH is 1. The first-order chi connectivity index (χ1) is 13.6. The number of rotatable bonds is 4. The molecule has 4 rings (SSSR count). The highest BCUT2D eigenvalue weighted by atomic mass is 19.2. The molecule has 1 atom stereocenters. The predicted molar refractivity (Wildman–Crippen MR) is 102 cm³/mol. The quantitative estimate of drug-likeness (QED) is 0.694. The van der Waals surface area contributed by atoms with E-state index in [0.29, 0.717) is 16.7 Å². The smallest absolute Gasteiger partial charge is 0.290 e. The highest BCUT2D eigenvalue weighted by Crippen LogP contribution is 2.43. The lowest BCUT2D eigenvalue weighted by Gasteiger charge is -2.27. The molecule has 1 aliphatic rings. The molecule has 1 N–H and O–H groups in total. The van der Waals surface area contributed by atoms with Crippen LogP contribution < -0.4 is 0 Å². The molecule has 140 valence electrons. The summed E-state index contributed by atoms with van der Waals surface area (Å²) in [4.78, 5) is 14.4. The zero-order valence-corrected chi connectivity index (χ0v) is 14.8. The molecule has 0 radical (unpaired) electrons. The Balaban J connectivity index is 1.84. The standard InChI is InChI=1S/C23H17F2NO2/c24-18-12-11-17(13-19(18)25)21-20(16-9-5-2-6-10-16)22(27)23(28)26(21)14-15-7-3-1-4-8-15/h1-13,21,27H,14H2/t21-/m1/s1. The van der Waals surface area contributed by atoms with Gasteiger partial charge in [0.15, 0.2) is 17.4 Å². The lowest BCUT2D eigenvalue weighted by atomic mass is 9.93. The molecule has 0 aromatic heterocycles. The third-order valence-electron chi connectivity index (χ3n) is 4.84. The molecule has 1 amide bonds. The Kier molecular flexibility index (Phi) is 4.65. The summed E-state index contributed by atoms with van der Waals surface area (Å²) >= 11 is 0. The lowest BCUT2D eigenvalue weighted by Crippen LogP contribution is -2.30. The van der Waals surface area contributed by atoms with Crippen LogP contribution in [0.2, 0.25) is 0 Å². The van der Waals surface area contributed by atoms with Crippen LogP contribution in [-0.2, 0) is 11.3 Å². The van der Waals surface area contributed by atoms with E-state index in [1.165, 1.54) is 11.0 Å². The molecule has 1 heterocycles. The predicted octanol–water partition coefficient (Wildman–Crippen LogP) is 5.02. The fourth-order valence-electron chi connectivity index (χ4n) is 3.54. The van der Waals surface area contributed by atoms with Gasteiger partial charge < -0.3 is 10.0 Å². The van der Waals surface area contributed by atoms with E-state index in [9.17, 15) is 18.7 Å². The molecule has 0 fully saturated rings. The molecule has 28 heavy (non-hydrogen) atoms. The van der Waals surface area contributed by atoms with Crippen LogP contribution in [0.15, 0.2) is 84.6 Å². The van der Waals surface area contributed by atoms with E-state index in [-0.39, 0.29) is 12.3 Å². The second-order valence-corrected chi connectivity index (χ2v) is 6.62. The largest absolute Gasteiger partial charge is 0.503 e. The van der Waals surface area contributed by atoms with Crippen molar-refractivity contribution in [2.45, 2.75) is 12.6 Å². The molecule has 0 aliphatic carbocycles. The first-order valence-electron chi connectivity index (χ1n) is 8.84. The molecule has 0 bridgehead atoms. The van der Waals surface area contributed by atoms with Crippen LogP contribution in [0.4, 0.5) is 8.78 Å². The molecule has 3 aromatic carbocycles. The summed E-state index contributed by atoms with van der Waals surface area (Å²) in [5.41, 5.74) is 2.29. The number of carbonyl (C=O) groups is 1. The number of carbonyl (C=O) groups excluding carboxylic acids is 1. The van der Waals surface area contributed by atoms with Crippen LogP contribution in [0.1, 0.15) is 22.7 Å². The summed E-state index contributed by atoms with van der Waals surface area (Å²) in [6.07, 6.45) is 0. The van der Waals surface area contributed by atoms with Crippen molar-refractivity contribution < 1.29 is 18.7 Å². The fourth-order valence-corrected chi connectivity index (χ4v) is 3.54. The van der Waals surface area contributed by atoms with Gasteiger partial charge in [-0.1, -0.05) is 66.7 Å². The maximum Gasteiger partial charge on any atom is 0.290 e. The van der Waals surface area contributed by atoms with Gasteiger partial charge >= 0.3 is 0 Å². The topological polar surface area (TPSA) is 40.5 Å². The molecular weight excluding hydrogens is 360 g/mol. The third kappa shape index (κ3) is 3.16. The minimum Gasteiger partial charge on any atom is -0.503 e. The molecule has 0 unspecified atom stereocenters. The highest BCUT2D eigenvalue weighted by Gasteiger charge is 2.41. The normalized spacial score (nSPS) is 16.7. The van der Waals surface area contributed by atoms with Crippen molar-refractivity contribution >= 4 is 11.5 Å². The van der Waals surface area contributed by atoms with Crippen LogP contribution in [0.25, 0.3) is 5.57 Å². The number of halogens is 2. The maximum absolute atomic E-state index is 14.0. The number of aliphatic hydroxyl groups is 1. The van der Waals surface area contributed by atoms with Crippen LogP contribution in [0.3, 0.4) is 0 Å². The average Bonchev–Trinajstić information content (AvgIpc) is 2.96. The van der Waals surface area contributed by atoms with Crippen molar-refractivity contribution in [2.24, 2.45) is 0 Å². The first kappa shape index (κ1) is 17.9. The van der Waals surface area contributed by atoms with Crippen LogP contribution in [0.5, 0.6) is 0 Å². The van der Waals surface area contributed by atoms with Crippen LogP contribution in [-0.4, -0.2) is 15.9 Å². The zero-order valence-electron chi connectivity index (χ0n) is 14.8. The van der Waals surface area contributed by atoms with E-state index < -0.39 is 23.6 Å². The summed E-state index contributed by atoms with van der Waals surface area (Å²) in [5, 5.41) is 10.6. The molecule has 1 aliphatic heterocycles. The van der Waals surface area contributed by atoms with Crippen molar-refractivity contribution in [2.75, 3.05) is 0 Å². The second kappa shape index (κ2) is 7.27. The van der Waals surface area contributed by atoms with Crippen molar-refractivity contribution in [3.8, 4) is 0 Å². The molecule has 5 heteroatoms.